The first-order chi connectivity index (χ1) is 15.6. The molecule has 4 aliphatic rings. The molecule has 1 saturated carbocycles. The van der Waals surface area contributed by atoms with Crippen LogP contribution in [0.5, 0.6) is 0 Å². The number of nitrogens with zero attached hydrogens (tertiary/aromatic N) is 3. The molecule has 1 aliphatic carbocycles. The molecular formula is C23H27N5O5. The lowest BCUT2D eigenvalue weighted by Crippen LogP contribution is -2.91. The van der Waals surface area contributed by atoms with Gasteiger partial charge in [0, 0.05) is 32.3 Å². The van der Waals surface area contributed by atoms with Gasteiger partial charge in [-0.3, -0.25) is 25.0 Å². The second-order valence-corrected chi connectivity index (χ2v) is 8.96. The van der Waals surface area contributed by atoms with Crippen molar-refractivity contribution in [3.63, 3.8) is 0 Å². The van der Waals surface area contributed by atoms with E-state index < -0.39 is 46.8 Å². The van der Waals surface area contributed by atoms with Gasteiger partial charge in [-0.05, 0) is 25.5 Å². The number of urea groups is 2. The minimum Gasteiger partial charge on any atom is -0.336 e. The second-order valence-electron chi connectivity index (χ2n) is 8.96. The van der Waals surface area contributed by atoms with E-state index in [0.717, 1.165) is 0 Å². The molecule has 0 bridgehead atoms. The van der Waals surface area contributed by atoms with Crippen molar-refractivity contribution in [2.45, 2.75) is 25.9 Å². The van der Waals surface area contributed by atoms with E-state index in [0.29, 0.717) is 5.57 Å². The summed E-state index contributed by atoms with van der Waals surface area (Å²) in [6.07, 6.45) is 7.89. The predicted molar refractivity (Wildman–Crippen MR) is 118 cm³/mol. The molecule has 0 aromatic carbocycles. The van der Waals surface area contributed by atoms with Crippen LogP contribution in [-0.4, -0.2) is 82.7 Å². The van der Waals surface area contributed by atoms with Gasteiger partial charge < -0.3 is 14.7 Å². The number of amides is 7. The summed E-state index contributed by atoms with van der Waals surface area (Å²) in [5.41, 5.74) is -1.71. The molecule has 3 aliphatic heterocycles. The highest BCUT2D eigenvalue weighted by atomic mass is 16.2. The Bertz CT molecular complexity index is 992. The van der Waals surface area contributed by atoms with Gasteiger partial charge in [0.15, 0.2) is 0 Å². The number of hydrogen-bond acceptors (Lipinski definition) is 5. The monoisotopic (exact) mass is 453 g/mol. The van der Waals surface area contributed by atoms with E-state index in [-0.39, 0.29) is 32.1 Å². The molecule has 174 valence electrons. The number of fused-ring (bicyclic) bond motifs is 1. The SMILES string of the molecule is C=C/C=C(C=C)/C=C/C(=O)N1CCN2C(=O)NC(=O)C3(C)C2C2N(CC1)C(=O)NC(=O)C23C. The molecule has 3 saturated heterocycles. The third-order valence-corrected chi connectivity index (χ3v) is 7.64. The highest BCUT2D eigenvalue weighted by molar-refractivity contribution is 6.10. The molecule has 0 aromatic heterocycles. The van der Waals surface area contributed by atoms with Crippen LogP contribution in [0.3, 0.4) is 0 Å². The van der Waals surface area contributed by atoms with E-state index in [2.05, 4.69) is 23.8 Å². The molecule has 10 nitrogen and oxygen atoms in total. The second kappa shape index (κ2) is 7.72. The average molecular weight is 453 g/mol. The van der Waals surface area contributed by atoms with Gasteiger partial charge in [0.05, 0.1) is 22.9 Å². The normalized spacial score (nSPS) is 33.9. The summed E-state index contributed by atoms with van der Waals surface area (Å²) >= 11 is 0. The summed E-state index contributed by atoms with van der Waals surface area (Å²) in [4.78, 5) is 68.7. The summed E-state index contributed by atoms with van der Waals surface area (Å²) in [6.45, 7) is 11.4. The average Bonchev–Trinajstić information content (AvgIpc) is 2.86. The Balaban J connectivity index is 1.68. The first-order valence-electron chi connectivity index (χ1n) is 10.8. The number of allylic oxidation sites excluding steroid dienone is 5. The van der Waals surface area contributed by atoms with Gasteiger partial charge in [0.1, 0.15) is 0 Å². The van der Waals surface area contributed by atoms with Crippen molar-refractivity contribution in [1.29, 1.82) is 0 Å². The number of carbonyl (C=O) groups excluding carboxylic acids is 5. The third-order valence-electron chi connectivity index (χ3n) is 7.64. The van der Waals surface area contributed by atoms with Crippen molar-refractivity contribution in [3.05, 3.63) is 49.1 Å². The Morgan fingerprint density at radius 1 is 0.879 bits per heavy atom. The number of nitrogens with one attached hydrogen (secondary N) is 2. The Labute approximate surface area is 191 Å². The van der Waals surface area contributed by atoms with Gasteiger partial charge in [0.2, 0.25) is 17.7 Å². The van der Waals surface area contributed by atoms with Gasteiger partial charge in [-0.2, -0.15) is 0 Å². The first-order valence-corrected chi connectivity index (χ1v) is 10.8. The van der Waals surface area contributed by atoms with Crippen molar-refractivity contribution >= 4 is 29.8 Å². The Kier molecular flexibility index (Phi) is 5.26. The molecule has 0 aromatic rings. The third kappa shape index (κ3) is 2.96. The van der Waals surface area contributed by atoms with Crippen LogP contribution in [0.25, 0.3) is 0 Å². The summed E-state index contributed by atoms with van der Waals surface area (Å²) < 4.78 is 0. The van der Waals surface area contributed by atoms with Crippen LogP contribution in [0.4, 0.5) is 9.59 Å². The molecule has 4 rings (SSSR count). The predicted octanol–water partition coefficient (Wildman–Crippen LogP) is 0.550. The largest absolute Gasteiger partial charge is 0.336 e. The molecule has 4 fully saturated rings. The van der Waals surface area contributed by atoms with Crippen molar-refractivity contribution < 1.29 is 24.0 Å². The zero-order chi connectivity index (χ0) is 24.1. The minimum absolute atomic E-state index is 0.159. The number of carbonyl (C=O) groups is 5. The summed E-state index contributed by atoms with van der Waals surface area (Å²) in [6, 6.07) is -2.49. The summed E-state index contributed by atoms with van der Waals surface area (Å²) in [5.74, 6) is -1.36. The lowest BCUT2D eigenvalue weighted by Gasteiger charge is -2.71. The van der Waals surface area contributed by atoms with E-state index in [9.17, 15) is 24.0 Å². The van der Waals surface area contributed by atoms with Crippen molar-refractivity contribution in [2.75, 3.05) is 26.2 Å². The van der Waals surface area contributed by atoms with Crippen LogP contribution in [0.2, 0.25) is 0 Å². The van der Waals surface area contributed by atoms with Gasteiger partial charge >= 0.3 is 12.1 Å². The number of hydrogen-bond donors (Lipinski definition) is 2. The van der Waals surface area contributed by atoms with Gasteiger partial charge in [-0.1, -0.05) is 31.4 Å². The zero-order valence-corrected chi connectivity index (χ0v) is 18.7. The lowest BCUT2D eigenvalue weighted by atomic mass is 9.42. The molecule has 7 amide bonds. The number of imide groups is 2. The van der Waals surface area contributed by atoms with Crippen molar-refractivity contribution in [2.24, 2.45) is 10.8 Å². The Morgan fingerprint density at radius 2 is 1.36 bits per heavy atom. The molecule has 2 N–H and O–H groups in total. The molecular weight excluding hydrogens is 426 g/mol. The smallest absolute Gasteiger partial charge is 0.324 e. The molecule has 4 unspecified atom stereocenters. The first kappa shape index (κ1) is 22.5. The molecule has 0 spiro atoms. The molecule has 10 heteroatoms. The van der Waals surface area contributed by atoms with E-state index in [4.69, 9.17) is 0 Å². The van der Waals surface area contributed by atoms with Crippen LogP contribution in [0.1, 0.15) is 13.8 Å². The van der Waals surface area contributed by atoms with E-state index >= 15 is 0 Å². The lowest BCUT2D eigenvalue weighted by molar-refractivity contribution is -0.212. The summed E-state index contributed by atoms with van der Waals surface area (Å²) in [5, 5.41) is 4.72. The van der Waals surface area contributed by atoms with Crippen LogP contribution in [0.15, 0.2) is 49.1 Å². The maximum absolute atomic E-state index is 12.9. The van der Waals surface area contributed by atoms with Crippen molar-refractivity contribution in [3.8, 4) is 0 Å². The quantitative estimate of drug-likeness (QED) is 0.476. The fraction of sp³-hybridized carbons (Fsp3) is 0.435. The number of rotatable bonds is 4. The van der Waals surface area contributed by atoms with Gasteiger partial charge in [-0.15, -0.1) is 0 Å². The molecule has 4 atom stereocenters. The van der Waals surface area contributed by atoms with E-state index in [1.165, 1.54) is 20.8 Å². The zero-order valence-electron chi connectivity index (χ0n) is 18.7. The highest BCUT2D eigenvalue weighted by Crippen LogP contribution is 2.63. The van der Waals surface area contributed by atoms with Crippen LogP contribution < -0.4 is 10.6 Å². The maximum atomic E-state index is 12.9. The standard InChI is InChI=1S/C23H27N5O5/c1-5-7-14(6-2)8-9-15(29)26-10-12-27-16-17-23(4,22(16,3)18(30)24-20(27)32)19(31)25-21(33)28(17)13-11-26/h5-9,16-17H,1-2,10-13H2,3-4H3,(H,24,30,32)(H,25,31,33)/b9-8+,14-7+. The maximum Gasteiger partial charge on any atom is 0.324 e. The van der Waals surface area contributed by atoms with Gasteiger partial charge in [0.25, 0.3) is 0 Å². The van der Waals surface area contributed by atoms with Crippen LogP contribution >= 0.6 is 0 Å². The van der Waals surface area contributed by atoms with E-state index in [1.54, 1.807) is 38.2 Å². The van der Waals surface area contributed by atoms with E-state index in [1.807, 2.05) is 0 Å². The highest BCUT2D eigenvalue weighted by Gasteiger charge is 2.80. The topological polar surface area (TPSA) is 119 Å². The molecule has 3 heterocycles. The Hall–Kier alpha value is -3.69. The summed E-state index contributed by atoms with van der Waals surface area (Å²) in [7, 11) is 0. The van der Waals surface area contributed by atoms with Crippen LogP contribution in [-0.2, 0) is 14.4 Å². The minimum atomic E-state index is -1.21. The molecule has 33 heavy (non-hydrogen) atoms. The van der Waals surface area contributed by atoms with Gasteiger partial charge in [-0.25, -0.2) is 9.59 Å². The fourth-order valence-corrected chi connectivity index (χ4v) is 5.58. The van der Waals surface area contributed by atoms with Crippen LogP contribution in [0, 0.1) is 10.8 Å². The molecule has 0 radical (unpaired) electrons. The van der Waals surface area contributed by atoms with Crippen molar-refractivity contribution in [1.82, 2.24) is 25.3 Å². The Morgan fingerprint density at radius 3 is 1.79 bits per heavy atom. The fourth-order valence-electron chi connectivity index (χ4n) is 5.58.